The van der Waals surface area contributed by atoms with Gasteiger partial charge in [0.2, 0.25) is 0 Å². The Bertz CT molecular complexity index is 588. The van der Waals surface area contributed by atoms with Crippen LogP contribution < -0.4 is 5.73 Å². The lowest BCUT2D eigenvalue weighted by molar-refractivity contribution is 0.590. The van der Waals surface area contributed by atoms with E-state index in [1.165, 1.54) is 32.7 Å². The topological polar surface area (TPSA) is 26.0 Å². The van der Waals surface area contributed by atoms with Gasteiger partial charge in [0, 0.05) is 17.0 Å². The van der Waals surface area contributed by atoms with Crippen LogP contribution in [-0.4, -0.2) is 0 Å². The summed E-state index contributed by atoms with van der Waals surface area (Å²) in [6.45, 7) is 11.7. The number of aryl methyl sites for hydroxylation is 2. The minimum atomic E-state index is 0.198. The molecule has 0 aliphatic heterocycles. The average molecular weight is 273 g/mol. The van der Waals surface area contributed by atoms with Crippen LogP contribution in [0, 0.1) is 13.8 Å². The van der Waals surface area contributed by atoms with E-state index in [4.69, 9.17) is 5.73 Å². The maximum Gasteiger partial charge on any atom is 0.0192 e. The van der Waals surface area contributed by atoms with Crippen molar-refractivity contribution in [3.63, 3.8) is 0 Å². The Hall–Kier alpha value is -1.12. The normalized spacial score (nSPS) is 11.9. The third-order valence-corrected chi connectivity index (χ3v) is 4.59. The van der Waals surface area contributed by atoms with Gasteiger partial charge in [-0.3, -0.25) is 0 Å². The molecule has 102 valence electrons. The summed E-state index contributed by atoms with van der Waals surface area (Å²) in [5.74, 6) is 0. The fourth-order valence-corrected chi connectivity index (χ4v) is 3.32. The molecule has 0 bridgehead atoms. The molecule has 2 rings (SSSR count). The largest absolute Gasteiger partial charge is 0.326 e. The summed E-state index contributed by atoms with van der Waals surface area (Å²) < 4.78 is 0. The van der Waals surface area contributed by atoms with Crippen LogP contribution in [0.3, 0.4) is 0 Å². The van der Waals surface area contributed by atoms with Gasteiger partial charge in [-0.1, -0.05) is 39.0 Å². The summed E-state index contributed by atoms with van der Waals surface area (Å²) in [6, 6.07) is 6.82. The maximum absolute atomic E-state index is 5.86. The van der Waals surface area contributed by atoms with Gasteiger partial charge in [0.05, 0.1) is 0 Å². The van der Waals surface area contributed by atoms with Crippen LogP contribution in [0.2, 0.25) is 0 Å². The SMILES string of the molecule is Cc1cc(C(C)(C)C)ccc1-c1c(CN)csc1C. The lowest BCUT2D eigenvalue weighted by Crippen LogP contribution is -2.11. The van der Waals surface area contributed by atoms with E-state index in [0.717, 1.165) is 0 Å². The van der Waals surface area contributed by atoms with Crippen molar-refractivity contribution in [1.29, 1.82) is 0 Å². The molecule has 0 spiro atoms. The Morgan fingerprint density at radius 2 is 1.84 bits per heavy atom. The highest BCUT2D eigenvalue weighted by Crippen LogP contribution is 2.36. The van der Waals surface area contributed by atoms with Crippen molar-refractivity contribution in [3.05, 3.63) is 45.1 Å². The van der Waals surface area contributed by atoms with Gasteiger partial charge in [-0.05, 0) is 46.9 Å². The predicted octanol–water partition coefficient (Wildman–Crippen LogP) is 4.79. The number of nitrogens with two attached hydrogens (primary N) is 1. The summed E-state index contributed by atoms with van der Waals surface area (Å²) in [5, 5.41) is 2.18. The van der Waals surface area contributed by atoms with Crippen molar-refractivity contribution in [2.24, 2.45) is 5.73 Å². The number of benzene rings is 1. The zero-order chi connectivity index (χ0) is 14.2. The first-order chi connectivity index (χ1) is 8.84. The molecule has 0 aliphatic carbocycles. The fourth-order valence-electron chi connectivity index (χ4n) is 2.43. The first-order valence-electron chi connectivity index (χ1n) is 6.73. The third kappa shape index (κ3) is 2.75. The van der Waals surface area contributed by atoms with Gasteiger partial charge in [0.1, 0.15) is 0 Å². The molecule has 1 nitrogen and oxygen atoms in total. The lowest BCUT2D eigenvalue weighted by Gasteiger charge is -2.21. The molecule has 0 unspecified atom stereocenters. The summed E-state index contributed by atoms with van der Waals surface area (Å²) in [5.41, 5.74) is 12.7. The lowest BCUT2D eigenvalue weighted by atomic mass is 9.84. The molecular formula is C17H23NS. The zero-order valence-corrected chi connectivity index (χ0v) is 13.3. The molecule has 0 aliphatic rings. The first kappa shape index (κ1) is 14.3. The van der Waals surface area contributed by atoms with Crippen molar-refractivity contribution in [3.8, 4) is 11.1 Å². The second-order valence-corrected chi connectivity index (χ2v) is 7.26. The van der Waals surface area contributed by atoms with E-state index in [1.807, 2.05) is 0 Å². The van der Waals surface area contributed by atoms with Crippen LogP contribution in [0.25, 0.3) is 11.1 Å². The van der Waals surface area contributed by atoms with Crippen molar-refractivity contribution < 1.29 is 0 Å². The van der Waals surface area contributed by atoms with Gasteiger partial charge in [0.25, 0.3) is 0 Å². The van der Waals surface area contributed by atoms with E-state index in [1.54, 1.807) is 11.3 Å². The van der Waals surface area contributed by atoms with Gasteiger partial charge in [-0.25, -0.2) is 0 Å². The average Bonchev–Trinajstić information content (AvgIpc) is 2.69. The second kappa shape index (κ2) is 5.10. The van der Waals surface area contributed by atoms with Crippen molar-refractivity contribution >= 4 is 11.3 Å². The van der Waals surface area contributed by atoms with E-state index >= 15 is 0 Å². The maximum atomic E-state index is 5.86. The van der Waals surface area contributed by atoms with Gasteiger partial charge in [0.15, 0.2) is 0 Å². The van der Waals surface area contributed by atoms with Crippen LogP contribution in [0.15, 0.2) is 23.6 Å². The number of hydrogen-bond acceptors (Lipinski definition) is 2. The van der Waals surface area contributed by atoms with Crippen molar-refractivity contribution in [2.75, 3.05) is 0 Å². The molecule has 0 saturated carbocycles. The Labute approximate surface area is 120 Å². The standard InChI is InChI=1S/C17H23NS/c1-11-8-14(17(3,4)5)6-7-15(11)16-12(2)19-10-13(16)9-18/h6-8,10H,9,18H2,1-5H3. The van der Waals surface area contributed by atoms with Gasteiger partial charge in [-0.15, -0.1) is 11.3 Å². The molecule has 0 amide bonds. The van der Waals surface area contributed by atoms with E-state index in [2.05, 4.69) is 58.2 Å². The molecule has 0 saturated heterocycles. The van der Waals surface area contributed by atoms with E-state index in [9.17, 15) is 0 Å². The molecule has 0 atom stereocenters. The summed E-state index contributed by atoms with van der Waals surface area (Å²) >= 11 is 1.79. The van der Waals surface area contributed by atoms with E-state index in [0.29, 0.717) is 6.54 Å². The molecular weight excluding hydrogens is 250 g/mol. The van der Waals surface area contributed by atoms with Crippen LogP contribution in [0.4, 0.5) is 0 Å². The quantitative estimate of drug-likeness (QED) is 0.836. The Kier molecular flexibility index (Phi) is 3.84. The minimum Gasteiger partial charge on any atom is -0.326 e. The summed E-state index contributed by atoms with van der Waals surface area (Å²) in [6.07, 6.45) is 0. The molecule has 0 fully saturated rings. The molecule has 19 heavy (non-hydrogen) atoms. The molecule has 2 N–H and O–H groups in total. The van der Waals surface area contributed by atoms with Crippen molar-refractivity contribution in [1.82, 2.24) is 0 Å². The Balaban J connectivity index is 2.55. The highest BCUT2D eigenvalue weighted by molar-refractivity contribution is 7.10. The van der Waals surface area contributed by atoms with Crippen LogP contribution in [-0.2, 0) is 12.0 Å². The molecule has 1 aromatic carbocycles. The van der Waals surface area contributed by atoms with E-state index < -0.39 is 0 Å². The highest BCUT2D eigenvalue weighted by atomic mass is 32.1. The number of thiophene rings is 1. The first-order valence-corrected chi connectivity index (χ1v) is 7.61. The van der Waals surface area contributed by atoms with Gasteiger partial charge < -0.3 is 5.73 Å². The van der Waals surface area contributed by atoms with E-state index in [-0.39, 0.29) is 5.41 Å². The Morgan fingerprint density at radius 3 is 2.37 bits per heavy atom. The smallest absolute Gasteiger partial charge is 0.0192 e. The minimum absolute atomic E-state index is 0.198. The van der Waals surface area contributed by atoms with Gasteiger partial charge in [-0.2, -0.15) is 0 Å². The Morgan fingerprint density at radius 1 is 1.16 bits per heavy atom. The molecule has 2 heteroatoms. The van der Waals surface area contributed by atoms with Gasteiger partial charge >= 0.3 is 0 Å². The third-order valence-electron chi connectivity index (χ3n) is 3.63. The summed E-state index contributed by atoms with van der Waals surface area (Å²) in [7, 11) is 0. The zero-order valence-electron chi connectivity index (χ0n) is 12.5. The highest BCUT2D eigenvalue weighted by Gasteiger charge is 2.17. The monoisotopic (exact) mass is 273 g/mol. The van der Waals surface area contributed by atoms with Crippen molar-refractivity contribution in [2.45, 2.75) is 46.6 Å². The van der Waals surface area contributed by atoms with Crippen LogP contribution in [0.1, 0.15) is 42.3 Å². The molecule has 1 aromatic heterocycles. The van der Waals surface area contributed by atoms with Crippen LogP contribution in [0.5, 0.6) is 0 Å². The van der Waals surface area contributed by atoms with Crippen LogP contribution >= 0.6 is 11.3 Å². The molecule has 0 radical (unpaired) electrons. The second-order valence-electron chi connectivity index (χ2n) is 6.18. The predicted molar refractivity (Wildman–Crippen MR) is 85.8 cm³/mol. The fraction of sp³-hybridized carbons (Fsp3) is 0.412. The number of hydrogen-bond donors (Lipinski definition) is 1. The number of rotatable bonds is 2. The summed E-state index contributed by atoms with van der Waals surface area (Å²) in [4.78, 5) is 1.35. The molecule has 2 aromatic rings. The molecule has 1 heterocycles.